The summed E-state index contributed by atoms with van der Waals surface area (Å²) in [5.74, 6) is -3.37. The number of carbonyl (C=O) groups excluding carboxylic acids is 2. The summed E-state index contributed by atoms with van der Waals surface area (Å²) in [7, 11) is 0. The number of nitrogens with one attached hydrogen (secondary N) is 2. The van der Waals surface area contributed by atoms with Gasteiger partial charge in [0.1, 0.15) is 11.9 Å². The van der Waals surface area contributed by atoms with Gasteiger partial charge in [-0.2, -0.15) is 0 Å². The number of hydrogen-bond donors (Lipinski definition) is 3. The summed E-state index contributed by atoms with van der Waals surface area (Å²) in [6, 6.07) is 2.81. The monoisotopic (exact) mass is 322 g/mol. The van der Waals surface area contributed by atoms with Crippen molar-refractivity contribution in [2.24, 2.45) is 0 Å². The molecule has 1 aromatic carbocycles. The molecule has 2 atom stereocenters. The first kappa shape index (κ1) is 16.9. The zero-order valence-electron chi connectivity index (χ0n) is 12.8. The van der Waals surface area contributed by atoms with Crippen LogP contribution in [0.5, 0.6) is 0 Å². The lowest BCUT2D eigenvalue weighted by molar-refractivity contribution is -0.142. The number of carboxylic acids is 1. The van der Waals surface area contributed by atoms with Gasteiger partial charge >= 0.3 is 5.97 Å². The van der Waals surface area contributed by atoms with E-state index in [2.05, 4.69) is 10.6 Å². The van der Waals surface area contributed by atoms with Crippen LogP contribution in [0, 0.1) is 5.82 Å². The molecule has 124 valence electrons. The van der Waals surface area contributed by atoms with E-state index >= 15 is 0 Å². The maximum atomic E-state index is 13.3. The van der Waals surface area contributed by atoms with Gasteiger partial charge in [-0.05, 0) is 24.1 Å². The van der Waals surface area contributed by atoms with E-state index in [0.29, 0.717) is 18.4 Å². The number of carboxylic acid groups (broad SMARTS) is 1. The molecule has 1 aliphatic rings. The predicted molar refractivity (Wildman–Crippen MR) is 81.5 cm³/mol. The minimum absolute atomic E-state index is 0.0927. The van der Waals surface area contributed by atoms with Crippen LogP contribution in [0.1, 0.15) is 44.1 Å². The quantitative estimate of drug-likeness (QED) is 0.746. The second-order valence-electron chi connectivity index (χ2n) is 5.58. The van der Waals surface area contributed by atoms with Gasteiger partial charge in [0.05, 0.1) is 5.92 Å². The highest BCUT2D eigenvalue weighted by atomic mass is 19.1. The topological polar surface area (TPSA) is 95.5 Å². The molecule has 3 N–H and O–H groups in total. The average Bonchev–Trinajstić information content (AvgIpc) is 2.49. The summed E-state index contributed by atoms with van der Waals surface area (Å²) in [5.41, 5.74) is 0.741. The minimum atomic E-state index is -1.11. The van der Waals surface area contributed by atoms with Crippen LogP contribution in [0.15, 0.2) is 18.2 Å². The number of aliphatic carboxylic acids is 1. The maximum absolute atomic E-state index is 13.3. The standard InChI is InChI=1S/C16H19FN2O4/c1-2-3-4-12(16(22)23)19-15(21)11-8-14(20)18-13-7-9(17)5-6-10(11)13/h5-7,11-12H,2-4,8H2,1H3,(H,18,20)(H,19,21)(H,22,23)/t11?,12-/m0/s1. The third-order valence-electron chi connectivity index (χ3n) is 3.83. The van der Waals surface area contributed by atoms with Crippen LogP contribution in [0.3, 0.4) is 0 Å². The van der Waals surface area contributed by atoms with Crippen LogP contribution in [0.2, 0.25) is 0 Å². The molecule has 0 saturated carbocycles. The van der Waals surface area contributed by atoms with Gasteiger partial charge in [0.2, 0.25) is 11.8 Å². The molecular weight excluding hydrogens is 303 g/mol. The summed E-state index contributed by atoms with van der Waals surface area (Å²) in [6.07, 6.45) is 1.72. The first-order valence-corrected chi connectivity index (χ1v) is 7.54. The van der Waals surface area contributed by atoms with Crippen LogP contribution >= 0.6 is 0 Å². The van der Waals surface area contributed by atoms with Crippen molar-refractivity contribution in [3.8, 4) is 0 Å². The number of rotatable bonds is 6. The van der Waals surface area contributed by atoms with Crippen molar-refractivity contribution in [3.63, 3.8) is 0 Å². The van der Waals surface area contributed by atoms with Gasteiger partial charge in [-0.25, -0.2) is 9.18 Å². The number of halogens is 1. The molecule has 0 bridgehead atoms. The molecule has 2 rings (SSSR count). The van der Waals surface area contributed by atoms with Gasteiger partial charge in [0, 0.05) is 12.1 Å². The summed E-state index contributed by atoms with van der Waals surface area (Å²) >= 11 is 0. The Kier molecular flexibility index (Phi) is 5.31. The first-order valence-electron chi connectivity index (χ1n) is 7.54. The molecular formula is C16H19FN2O4. The first-order chi connectivity index (χ1) is 10.9. The van der Waals surface area contributed by atoms with Crippen molar-refractivity contribution >= 4 is 23.5 Å². The Balaban J connectivity index is 2.19. The van der Waals surface area contributed by atoms with E-state index in [0.717, 1.165) is 12.5 Å². The maximum Gasteiger partial charge on any atom is 0.326 e. The molecule has 1 heterocycles. The second kappa shape index (κ2) is 7.21. The van der Waals surface area contributed by atoms with Crippen molar-refractivity contribution in [1.82, 2.24) is 5.32 Å². The molecule has 0 saturated heterocycles. The van der Waals surface area contributed by atoms with Gasteiger partial charge < -0.3 is 15.7 Å². The van der Waals surface area contributed by atoms with Gasteiger partial charge in [-0.3, -0.25) is 9.59 Å². The van der Waals surface area contributed by atoms with Gasteiger partial charge in [-0.15, -0.1) is 0 Å². The Bertz CT molecular complexity index is 633. The molecule has 0 spiro atoms. The number of anilines is 1. The molecule has 0 fully saturated rings. The third-order valence-corrected chi connectivity index (χ3v) is 3.83. The van der Waals surface area contributed by atoms with Crippen molar-refractivity contribution in [3.05, 3.63) is 29.6 Å². The molecule has 1 aromatic rings. The number of benzene rings is 1. The largest absolute Gasteiger partial charge is 0.480 e. The third kappa shape index (κ3) is 4.06. The fourth-order valence-electron chi connectivity index (χ4n) is 2.61. The molecule has 6 nitrogen and oxygen atoms in total. The Morgan fingerprint density at radius 2 is 2.22 bits per heavy atom. The Hall–Kier alpha value is -2.44. The van der Waals surface area contributed by atoms with E-state index in [1.165, 1.54) is 12.1 Å². The molecule has 2 amide bonds. The van der Waals surface area contributed by atoms with E-state index in [1.807, 2.05) is 6.92 Å². The summed E-state index contributed by atoms with van der Waals surface area (Å²) < 4.78 is 13.3. The number of unbranched alkanes of at least 4 members (excludes halogenated alkanes) is 1. The SMILES string of the molecule is CCCC[C@H](NC(=O)C1CC(=O)Nc2cc(F)ccc21)C(=O)O. The molecule has 1 aliphatic heterocycles. The number of fused-ring (bicyclic) bond motifs is 1. The van der Waals surface area contributed by atoms with Crippen LogP contribution in [-0.2, 0) is 14.4 Å². The highest BCUT2D eigenvalue weighted by Crippen LogP contribution is 2.33. The average molecular weight is 322 g/mol. The van der Waals surface area contributed by atoms with Crippen LogP contribution in [0.25, 0.3) is 0 Å². The summed E-state index contributed by atoms with van der Waals surface area (Å²) in [6.45, 7) is 1.93. The smallest absolute Gasteiger partial charge is 0.326 e. The van der Waals surface area contributed by atoms with Crippen molar-refractivity contribution in [2.75, 3.05) is 5.32 Å². The van der Waals surface area contributed by atoms with E-state index in [-0.39, 0.29) is 12.1 Å². The molecule has 0 aliphatic carbocycles. The highest BCUT2D eigenvalue weighted by molar-refractivity contribution is 6.01. The second-order valence-corrected chi connectivity index (χ2v) is 5.58. The predicted octanol–water partition coefficient (Wildman–Crippen LogP) is 2.01. The van der Waals surface area contributed by atoms with E-state index in [9.17, 15) is 23.9 Å². The van der Waals surface area contributed by atoms with Crippen molar-refractivity contribution in [2.45, 2.75) is 44.6 Å². The zero-order chi connectivity index (χ0) is 17.0. The Labute approximate surface area is 133 Å². The van der Waals surface area contributed by atoms with Gasteiger partial charge in [-0.1, -0.05) is 25.8 Å². The summed E-state index contributed by atoms with van der Waals surface area (Å²) in [5, 5.41) is 14.2. The van der Waals surface area contributed by atoms with Crippen molar-refractivity contribution < 1.29 is 23.9 Å². The number of amides is 2. The summed E-state index contributed by atoms with van der Waals surface area (Å²) in [4.78, 5) is 35.4. The van der Waals surface area contributed by atoms with Gasteiger partial charge in [0.15, 0.2) is 0 Å². The number of hydrogen-bond acceptors (Lipinski definition) is 3. The molecule has 1 unspecified atom stereocenters. The Morgan fingerprint density at radius 1 is 1.48 bits per heavy atom. The van der Waals surface area contributed by atoms with Crippen LogP contribution < -0.4 is 10.6 Å². The van der Waals surface area contributed by atoms with E-state index < -0.39 is 35.6 Å². The van der Waals surface area contributed by atoms with Crippen LogP contribution in [-0.4, -0.2) is 28.9 Å². The lowest BCUT2D eigenvalue weighted by atomic mass is 9.89. The fourth-order valence-corrected chi connectivity index (χ4v) is 2.61. The molecule has 0 aromatic heterocycles. The Morgan fingerprint density at radius 3 is 2.87 bits per heavy atom. The molecule has 7 heteroatoms. The zero-order valence-corrected chi connectivity index (χ0v) is 12.8. The molecule has 0 radical (unpaired) electrons. The van der Waals surface area contributed by atoms with E-state index in [1.54, 1.807) is 0 Å². The van der Waals surface area contributed by atoms with Crippen molar-refractivity contribution in [1.29, 1.82) is 0 Å². The normalized spacial score (nSPS) is 17.8. The number of carbonyl (C=O) groups is 3. The fraction of sp³-hybridized carbons (Fsp3) is 0.438. The lowest BCUT2D eigenvalue weighted by Gasteiger charge is -2.26. The lowest BCUT2D eigenvalue weighted by Crippen LogP contribution is -2.44. The van der Waals surface area contributed by atoms with Gasteiger partial charge in [0.25, 0.3) is 0 Å². The van der Waals surface area contributed by atoms with E-state index in [4.69, 9.17) is 0 Å². The van der Waals surface area contributed by atoms with Crippen LogP contribution in [0.4, 0.5) is 10.1 Å². The minimum Gasteiger partial charge on any atom is -0.480 e. The highest BCUT2D eigenvalue weighted by Gasteiger charge is 2.33. The molecule has 23 heavy (non-hydrogen) atoms.